The quantitative estimate of drug-likeness (QED) is 0.748. The molecule has 7 rings (SSSR count). The third kappa shape index (κ3) is 1.08. The lowest BCUT2D eigenvalue weighted by Gasteiger charge is -2.57. The number of ether oxygens (including phenoxy) is 3. The van der Waals surface area contributed by atoms with Crippen molar-refractivity contribution in [3.05, 3.63) is 28.3 Å². The van der Waals surface area contributed by atoms with Crippen LogP contribution in [0.1, 0.15) is 47.6 Å². The van der Waals surface area contributed by atoms with Crippen molar-refractivity contribution in [1.82, 2.24) is 0 Å². The van der Waals surface area contributed by atoms with Crippen LogP contribution in [0.4, 0.5) is 0 Å². The number of methoxy groups -OCH3 is 1. The molecule has 1 saturated carbocycles. The van der Waals surface area contributed by atoms with Gasteiger partial charge >= 0.3 is 5.97 Å². The molecule has 0 radical (unpaired) electrons. The van der Waals surface area contributed by atoms with Crippen molar-refractivity contribution in [1.29, 1.82) is 0 Å². The van der Waals surface area contributed by atoms with Gasteiger partial charge in [0.25, 0.3) is 0 Å². The van der Waals surface area contributed by atoms with Gasteiger partial charge in [0.1, 0.15) is 11.9 Å². The molecule has 0 N–H and O–H groups in total. The van der Waals surface area contributed by atoms with E-state index >= 15 is 0 Å². The second-order valence-electron chi connectivity index (χ2n) is 7.97. The molecule has 1 aromatic rings. The van der Waals surface area contributed by atoms with Crippen molar-refractivity contribution in [2.75, 3.05) is 7.11 Å². The lowest BCUT2D eigenvalue weighted by molar-refractivity contribution is -0.215. The smallest absolute Gasteiger partial charge is 0.313 e. The first kappa shape index (κ1) is 12.8. The monoisotopic (exact) mass is 312 g/mol. The molecule has 3 aliphatic carbocycles. The molecular weight excluding hydrogens is 292 g/mol. The van der Waals surface area contributed by atoms with E-state index in [-0.39, 0.29) is 41.5 Å². The fraction of sp³-hybridized carbons (Fsp3) is 0.632. The normalized spacial score (nSPS) is 47.0. The highest BCUT2D eigenvalue weighted by molar-refractivity contribution is 5.84. The van der Waals surface area contributed by atoms with E-state index in [1.165, 1.54) is 22.3 Å². The number of aryl methyl sites for hydroxylation is 1. The van der Waals surface area contributed by atoms with Gasteiger partial charge in [0.15, 0.2) is 0 Å². The van der Waals surface area contributed by atoms with Gasteiger partial charge in [-0.1, -0.05) is 6.92 Å². The average Bonchev–Trinajstić information content (AvgIpc) is 3.04. The van der Waals surface area contributed by atoms with E-state index in [0.717, 1.165) is 18.6 Å². The molecule has 0 aromatic heterocycles. The molecule has 4 heteroatoms. The Hall–Kier alpha value is -1.55. The molecule has 3 heterocycles. The van der Waals surface area contributed by atoms with Crippen LogP contribution >= 0.6 is 0 Å². The highest BCUT2D eigenvalue weighted by atomic mass is 16.6. The molecule has 4 fully saturated rings. The van der Waals surface area contributed by atoms with Gasteiger partial charge in [-0.05, 0) is 48.1 Å². The van der Waals surface area contributed by atoms with Crippen molar-refractivity contribution in [3.63, 3.8) is 0 Å². The summed E-state index contributed by atoms with van der Waals surface area (Å²) in [6.45, 7) is 4.33. The standard InChI is InChI=1S/C19H20O4/c1-7-10(21-3)6-9-4-5-19-8(2)15-17(23-18(19)20)13-14(19)12(9)11(7)16(13)22-15/h6,8,13-17H,4-5H2,1-3H3/t8?,13-,14-,15+,16+,17-,19-/m1/s1. The number of esters is 1. The van der Waals surface area contributed by atoms with E-state index in [4.69, 9.17) is 14.2 Å². The fourth-order valence-electron chi connectivity index (χ4n) is 6.65. The fourth-order valence-corrected chi connectivity index (χ4v) is 6.65. The van der Waals surface area contributed by atoms with E-state index < -0.39 is 0 Å². The number of hydrogen-bond acceptors (Lipinski definition) is 4. The van der Waals surface area contributed by atoms with Gasteiger partial charge in [-0.2, -0.15) is 0 Å². The van der Waals surface area contributed by atoms with Gasteiger partial charge in [0.2, 0.25) is 0 Å². The Bertz CT molecular complexity index is 784. The first-order chi connectivity index (χ1) is 11.1. The molecule has 7 atom stereocenters. The highest BCUT2D eigenvalue weighted by Gasteiger charge is 2.76. The Kier molecular flexibility index (Phi) is 2.00. The van der Waals surface area contributed by atoms with Gasteiger partial charge < -0.3 is 14.2 Å². The van der Waals surface area contributed by atoms with Crippen LogP contribution in [0.25, 0.3) is 0 Å². The summed E-state index contributed by atoms with van der Waals surface area (Å²) in [5.41, 5.74) is 4.88. The zero-order chi connectivity index (χ0) is 15.7. The number of benzene rings is 1. The first-order valence-electron chi connectivity index (χ1n) is 8.66. The van der Waals surface area contributed by atoms with Crippen molar-refractivity contribution in [3.8, 4) is 5.75 Å². The maximum Gasteiger partial charge on any atom is 0.313 e. The van der Waals surface area contributed by atoms with Crippen LogP contribution in [0.15, 0.2) is 6.07 Å². The molecule has 0 amide bonds. The zero-order valence-electron chi connectivity index (χ0n) is 13.6. The van der Waals surface area contributed by atoms with E-state index in [0.29, 0.717) is 5.92 Å². The number of carbonyl (C=O) groups excluding carboxylic acids is 1. The molecule has 3 saturated heterocycles. The van der Waals surface area contributed by atoms with Crippen molar-refractivity contribution < 1.29 is 19.0 Å². The molecule has 4 bridgehead atoms. The Morgan fingerprint density at radius 1 is 1.30 bits per heavy atom. The van der Waals surface area contributed by atoms with E-state index in [9.17, 15) is 4.79 Å². The topological polar surface area (TPSA) is 44.8 Å². The third-order valence-corrected chi connectivity index (χ3v) is 7.56. The predicted molar refractivity (Wildman–Crippen MR) is 81.4 cm³/mol. The molecule has 1 spiro atoms. The van der Waals surface area contributed by atoms with E-state index in [1.54, 1.807) is 7.11 Å². The zero-order valence-corrected chi connectivity index (χ0v) is 13.6. The Morgan fingerprint density at radius 3 is 2.91 bits per heavy atom. The summed E-state index contributed by atoms with van der Waals surface area (Å²) in [5, 5.41) is 0. The van der Waals surface area contributed by atoms with Crippen molar-refractivity contribution >= 4 is 5.97 Å². The minimum absolute atomic E-state index is 0.0312. The van der Waals surface area contributed by atoms with Crippen LogP contribution in [0, 0.1) is 24.2 Å². The minimum atomic E-state index is -0.363. The second-order valence-corrected chi connectivity index (χ2v) is 7.97. The molecular formula is C19H20O4. The number of hydrogen-bond donors (Lipinski definition) is 0. The van der Waals surface area contributed by atoms with Gasteiger partial charge in [-0.25, -0.2) is 0 Å². The molecule has 23 heavy (non-hydrogen) atoms. The summed E-state index contributed by atoms with van der Waals surface area (Å²) in [5.74, 6) is 1.84. The minimum Gasteiger partial charge on any atom is -0.496 e. The number of fused-ring (bicyclic) bond motifs is 2. The molecule has 3 aliphatic heterocycles. The lowest BCUT2D eigenvalue weighted by Crippen LogP contribution is -2.64. The summed E-state index contributed by atoms with van der Waals surface area (Å²) >= 11 is 0. The third-order valence-electron chi connectivity index (χ3n) is 7.56. The van der Waals surface area contributed by atoms with Crippen LogP contribution in [0.3, 0.4) is 0 Å². The number of rotatable bonds is 1. The van der Waals surface area contributed by atoms with Gasteiger partial charge in [0, 0.05) is 17.8 Å². The lowest BCUT2D eigenvalue weighted by atomic mass is 9.49. The van der Waals surface area contributed by atoms with Crippen molar-refractivity contribution in [2.24, 2.45) is 17.3 Å². The van der Waals surface area contributed by atoms with Crippen LogP contribution in [-0.2, 0) is 20.7 Å². The summed E-state index contributed by atoms with van der Waals surface area (Å²) in [4.78, 5) is 12.9. The van der Waals surface area contributed by atoms with Gasteiger partial charge in [-0.3, -0.25) is 4.79 Å². The SMILES string of the molecule is COc1cc2c3c(c1C)[C@@H]1O[C@H]4C(C)[C@@]5(CC2)C(=O)O[C@@H]4[C@@H]1[C@@H]35. The Balaban J connectivity index is 1.72. The second kappa shape index (κ2) is 3.59. The Labute approximate surface area is 135 Å². The van der Waals surface area contributed by atoms with Crippen LogP contribution in [0.2, 0.25) is 0 Å². The van der Waals surface area contributed by atoms with Crippen LogP contribution in [0.5, 0.6) is 5.75 Å². The van der Waals surface area contributed by atoms with Crippen molar-refractivity contribution in [2.45, 2.75) is 50.9 Å². The van der Waals surface area contributed by atoms with Crippen LogP contribution < -0.4 is 4.74 Å². The van der Waals surface area contributed by atoms with E-state index in [1.807, 2.05) is 0 Å². The Morgan fingerprint density at radius 2 is 2.13 bits per heavy atom. The molecule has 6 aliphatic rings. The average molecular weight is 312 g/mol. The molecule has 120 valence electrons. The largest absolute Gasteiger partial charge is 0.496 e. The summed E-state index contributed by atoms with van der Waals surface area (Å²) in [7, 11) is 1.73. The maximum atomic E-state index is 12.9. The van der Waals surface area contributed by atoms with Gasteiger partial charge in [0.05, 0.1) is 24.7 Å². The molecule has 4 nitrogen and oxygen atoms in total. The molecule has 1 unspecified atom stereocenters. The maximum absolute atomic E-state index is 12.9. The molecule has 1 aromatic carbocycles. The summed E-state index contributed by atoms with van der Waals surface area (Å²) in [6.07, 6.45) is 1.91. The summed E-state index contributed by atoms with van der Waals surface area (Å²) in [6, 6.07) is 2.19. The first-order valence-corrected chi connectivity index (χ1v) is 8.66. The number of carbonyl (C=O) groups is 1. The van der Waals surface area contributed by atoms with Crippen LogP contribution in [-0.4, -0.2) is 25.3 Å². The van der Waals surface area contributed by atoms with Gasteiger partial charge in [-0.15, -0.1) is 0 Å². The summed E-state index contributed by atoms with van der Waals surface area (Å²) < 4.78 is 18.0. The highest BCUT2D eigenvalue weighted by Crippen LogP contribution is 2.74. The van der Waals surface area contributed by atoms with E-state index in [2.05, 4.69) is 19.9 Å². The predicted octanol–water partition coefficient (Wildman–Crippen LogP) is 2.66.